The van der Waals surface area contributed by atoms with Gasteiger partial charge in [0.15, 0.2) is 5.11 Å². The van der Waals surface area contributed by atoms with Gasteiger partial charge in [0.1, 0.15) is 0 Å². The summed E-state index contributed by atoms with van der Waals surface area (Å²) in [6.45, 7) is 9.39. The molecule has 1 aliphatic heterocycles. The van der Waals surface area contributed by atoms with E-state index in [1.54, 1.807) is 0 Å². The fourth-order valence-electron chi connectivity index (χ4n) is 4.09. The fraction of sp³-hybridized carbons (Fsp3) is 0.346. The van der Waals surface area contributed by atoms with Gasteiger partial charge in [-0.25, -0.2) is 0 Å². The highest BCUT2D eigenvalue weighted by Crippen LogP contribution is 2.38. The van der Waals surface area contributed by atoms with Crippen molar-refractivity contribution in [1.29, 1.82) is 0 Å². The van der Waals surface area contributed by atoms with Gasteiger partial charge >= 0.3 is 0 Å². The van der Waals surface area contributed by atoms with Gasteiger partial charge in [-0.05, 0) is 80.4 Å². The normalized spacial score (nSPS) is 16.3. The first-order valence-electron chi connectivity index (χ1n) is 11.3. The summed E-state index contributed by atoms with van der Waals surface area (Å²) in [5.41, 5.74) is 6.46. The zero-order valence-corrected chi connectivity index (χ0v) is 21.1. The maximum Gasteiger partial charge on any atom is 0.258 e. The number of unbranched alkanes of at least 4 members (excludes halogenated alkanes) is 2. The Labute approximate surface area is 205 Å². The van der Waals surface area contributed by atoms with Gasteiger partial charge in [0, 0.05) is 22.8 Å². The highest BCUT2D eigenvalue weighted by molar-refractivity contribution is 7.80. The average Bonchev–Trinajstić information content (AvgIpc) is 3.27. The van der Waals surface area contributed by atoms with Crippen LogP contribution in [0.5, 0.6) is 0 Å². The average molecular weight is 481 g/mol. The van der Waals surface area contributed by atoms with Crippen LogP contribution >= 0.6 is 23.8 Å². The Hall–Kier alpha value is -2.70. The molecule has 172 valence electrons. The van der Waals surface area contributed by atoms with Crippen molar-refractivity contribution in [2.24, 2.45) is 0 Å². The van der Waals surface area contributed by atoms with Gasteiger partial charge < -0.3 is 14.7 Å². The summed E-state index contributed by atoms with van der Waals surface area (Å²) in [4.78, 5) is 6.92. The van der Waals surface area contributed by atoms with Crippen molar-refractivity contribution >= 4 is 34.5 Å². The Kier molecular flexibility index (Phi) is 7.15. The fourth-order valence-corrected chi connectivity index (χ4v) is 4.56. The van der Waals surface area contributed by atoms with Crippen molar-refractivity contribution in [3.05, 3.63) is 75.8 Å². The number of nitrogens with one attached hydrogen (secondary N) is 1. The summed E-state index contributed by atoms with van der Waals surface area (Å²) >= 11 is 11.8. The van der Waals surface area contributed by atoms with Gasteiger partial charge in [0.25, 0.3) is 5.89 Å². The smallest absolute Gasteiger partial charge is 0.258 e. The molecule has 1 atom stereocenters. The molecule has 1 aromatic heterocycles. The molecule has 0 radical (unpaired) electrons. The molecule has 33 heavy (non-hydrogen) atoms. The van der Waals surface area contributed by atoms with Crippen LogP contribution in [0.3, 0.4) is 0 Å². The largest absolute Gasteiger partial charge is 0.351 e. The number of aromatic nitrogens is 2. The van der Waals surface area contributed by atoms with E-state index < -0.39 is 0 Å². The standard InChI is InChI=1S/C26H29ClN4OS/c1-5-6-7-14-31-18(4)22(23(28-26(31)33)20-9-8-16(2)17(3)15-20)25-29-24(30-32-25)19-10-12-21(27)13-11-19/h8-13,15,23H,5-7,14H2,1-4H3,(H,28,33). The van der Waals surface area contributed by atoms with Crippen molar-refractivity contribution < 1.29 is 4.52 Å². The van der Waals surface area contributed by atoms with Gasteiger partial charge in [-0.2, -0.15) is 4.98 Å². The third-order valence-electron chi connectivity index (χ3n) is 6.20. The van der Waals surface area contributed by atoms with E-state index in [-0.39, 0.29) is 6.04 Å². The summed E-state index contributed by atoms with van der Waals surface area (Å²) in [7, 11) is 0. The number of hydrogen-bond donors (Lipinski definition) is 1. The van der Waals surface area contributed by atoms with Crippen molar-refractivity contribution in [2.75, 3.05) is 6.54 Å². The number of rotatable bonds is 7. The monoisotopic (exact) mass is 480 g/mol. The van der Waals surface area contributed by atoms with Crippen molar-refractivity contribution in [2.45, 2.75) is 53.0 Å². The number of allylic oxidation sites excluding steroid dienone is 1. The number of aryl methyl sites for hydroxylation is 2. The van der Waals surface area contributed by atoms with E-state index in [1.807, 2.05) is 24.3 Å². The number of hydrogen-bond acceptors (Lipinski definition) is 4. The first-order chi connectivity index (χ1) is 15.9. The van der Waals surface area contributed by atoms with Crippen LogP contribution < -0.4 is 5.32 Å². The van der Waals surface area contributed by atoms with Crippen molar-refractivity contribution in [3.63, 3.8) is 0 Å². The third kappa shape index (κ3) is 4.97. The van der Waals surface area contributed by atoms with E-state index >= 15 is 0 Å². The number of thiocarbonyl (C=S) groups is 1. The van der Waals surface area contributed by atoms with Crippen LogP contribution in [0.15, 0.2) is 52.7 Å². The van der Waals surface area contributed by atoms with E-state index in [9.17, 15) is 0 Å². The van der Waals surface area contributed by atoms with Crippen LogP contribution in [0.1, 0.15) is 61.7 Å². The summed E-state index contributed by atoms with van der Waals surface area (Å²) in [6.07, 6.45) is 3.38. The lowest BCUT2D eigenvalue weighted by Crippen LogP contribution is -2.46. The molecule has 1 unspecified atom stereocenters. The zero-order valence-electron chi connectivity index (χ0n) is 19.5. The van der Waals surface area contributed by atoms with Crippen LogP contribution in [-0.2, 0) is 0 Å². The van der Waals surface area contributed by atoms with E-state index in [4.69, 9.17) is 33.3 Å². The molecule has 4 rings (SSSR count). The lowest BCUT2D eigenvalue weighted by Gasteiger charge is -2.37. The molecule has 5 nitrogen and oxygen atoms in total. The maximum atomic E-state index is 6.04. The molecule has 2 aromatic carbocycles. The number of halogens is 1. The zero-order chi connectivity index (χ0) is 23.5. The van der Waals surface area contributed by atoms with Gasteiger partial charge in [0.05, 0.1) is 11.6 Å². The summed E-state index contributed by atoms with van der Waals surface area (Å²) in [6, 6.07) is 13.7. The Morgan fingerprint density at radius 3 is 2.52 bits per heavy atom. The molecule has 0 aliphatic carbocycles. The number of benzene rings is 2. The first kappa shape index (κ1) is 23.5. The lowest BCUT2D eigenvalue weighted by atomic mass is 9.92. The molecule has 0 amide bonds. The third-order valence-corrected chi connectivity index (χ3v) is 6.79. The Morgan fingerprint density at radius 1 is 1.06 bits per heavy atom. The minimum absolute atomic E-state index is 0.169. The predicted molar refractivity (Wildman–Crippen MR) is 138 cm³/mol. The Bertz CT molecular complexity index is 1190. The van der Waals surface area contributed by atoms with Gasteiger partial charge in [0.2, 0.25) is 5.82 Å². The number of nitrogens with zero attached hydrogens (tertiary/aromatic N) is 3. The molecular weight excluding hydrogens is 452 g/mol. The van der Waals surface area contributed by atoms with Crippen LogP contribution in [0.25, 0.3) is 17.0 Å². The molecule has 0 saturated carbocycles. The van der Waals surface area contributed by atoms with Crippen LogP contribution in [0.2, 0.25) is 5.02 Å². The molecular formula is C26H29ClN4OS. The van der Waals surface area contributed by atoms with Crippen molar-refractivity contribution in [1.82, 2.24) is 20.4 Å². The maximum absolute atomic E-state index is 6.04. The molecule has 0 bridgehead atoms. The lowest BCUT2D eigenvalue weighted by molar-refractivity contribution is 0.395. The Balaban J connectivity index is 1.78. The molecule has 7 heteroatoms. The quantitative estimate of drug-likeness (QED) is 0.294. The molecule has 1 N–H and O–H groups in total. The highest BCUT2D eigenvalue weighted by Gasteiger charge is 2.34. The highest BCUT2D eigenvalue weighted by atomic mass is 35.5. The molecule has 0 saturated heterocycles. The second kappa shape index (κ2) is 10.1. The van der Waals surface area contributed by atoms with Crippen molar-refractivity contribution in [3.8, 4) is 11.4 Å². The van der Waals surface area contributed by atoms with Gasteiger partial charge in [-0.15, -0.1) is 0 Å². The molecule has 0 spiro atoms. The second-order valence-corrected chi connectivity index (χ2v) is 9.34. The van der Waals surface area contributed by atoms with Gasteiger partial charge in [-0.1, -0.05) is 54.7 Å². The van der Waals surface area contributed by atoms with Crippen LogP contribution in [0.4, 0.5) is 0 Å². The minimum Gasteiger partial charge on any atom is -0.351 e. The second-order valence-electron chi connectivity index (χ2n) is 8.51. The van der Waals surface area contributed by atoms with E-state index in [2.05, 4.69) is 61.3 Å². The topological polar surface area (TPSA) is 54.2 Å². The SMILES string of the molecule is CCCCCN1C(=S)NC(c2ccc(C)c(C)c2)C(c2nc(-c3ccc(Cl)cc3)no2)=C1C. The molecule has 1 aliphatic rings. The summed E-state index contributed by atoms with van der Waals surface area (Å²) in [5.74, 6) is 1.03. The molecule has 0 fully saturated rings. The van der Waals surface area contributed by atoms with Gasteiger partial charge in [-0.3, -0.25) is 0 Å². The minimum atomic E-state index is -0.169. The van der Waals surface area contributed by atoms with Crippen LogP contribution in [-0.4, -0.2) is 26.7 Å². The predicted octanol–water partition coefficient (Wildman–Crippen LogP) is 6.86. The Morgan fingerprint density at radius 2 is 1.82 bits per heavy atom. The van der Waals surface area contributed by atoms with E-state index in [0.29, 0.717) is 16.7 Å². The van der Waals surface area contributed by atoms with Crippen LogP contribution in [0, 0.1) is 13.8 Å². The summed E-state index contributed by atoms with van der Waals surface area (Å²) in [5, 5.41) is 9.21. The molecule has 3 aromatic rings. The van der Waals surface area contributed by atoms with E-state index in [1.165, 1.54) is 11.1 Å². The van der Waals surface area contributed by atoms with E-state index in [0.717, 1.165) is 53.3 Å². The summed E-state index contributed by atoms with van der Waals surface area (Å²) < 4.78 is 5.81. The molecule has 2 heterocycles. The first-order valence-corrected chi connectivity index (χ1v) is 12.1.